The number of carbonyl (C=O) groups excluding carboxylic acids is 2. The number of carbonyl (C=O) groups is 2. The molecule has 1 aliphatic heterocycles. The van der Waals surface area contributed by atoms with Gasteiger partial charge in [-0.1, -0.05) is 6.42 Å². The third kappa shape index (κ3) is 3.81. The number of esters is 1. The first-order chi connectivity index (χ1) is 11.2. The van der Waals surface area contributed by atoms with E-state index in [0.29, 0.717) is 23.9 Å². The zero-order valence-electron chi connectivity index (χ0n) is 13.1. The maximum atomic E-state index is 12.1. The molecule has 1 N–H and O–H groups in total. The van der Waals surface area contributed by atoms with Crippen molar-refractivity contribution in [3.63, 3.8) is 0 Å². The fourth-order valence-corrected chi connectivity index (χ4v) is 3.83. The summed E-state index contributed by atoms with van der Waals surface area (Å²) in [6.45, 7) is 1.23. The van der Waals surface area contributed by atoms with Gasteiger partial charge in [0.05, 0.1) is 18.2 Å². The number of hydrogen-bond donors (Lipinski definition) is 1. The number of nitrogens with one attached hydrogen (secondary N) is 1. The van der Waals surface area contributed by atoms with Crippen LogP contribution in [0.25, 0.3) is 0 Å². The lowest BCUT2D eigenvalue weighted by molar-refractivity contribution is -0.158. The molecule has 0 bridgehead atoms. The van der Waals surface area contributed by atoms with Gasteiger partial charge in [-0.15, -0.1) is 11.3 Å². The van der Waals surface area contributed by atoms with Crippen LogP contribution in [0.15, 0.2) is 5.38 Å². The Morgan fingerprint density at radius 3 is 2.91 bits per heavy atom. The Morgan fingerprint density at radius 1 is 1.43 bits per heavy atom. The molecule has 1 saturated carbocycles. The maximum Gasteiger partial charge on any atom is 0.323 e. The Hall–Kier alpha value is -1.67. The number of thiazole rings is 1. The third-order valence-electron chi connectivity index (χ3n) is 4.18. The molecule has 0 aromatic carbocycles. The van der Waals surface area contributed by atoms with Crippen molar-refractivity contribution in [1.29, 1.82) is 0 Å². The van der Waals surface area contributed by atoms with E-state index in [9.17, 15) is 9.59 Å². The van der Waals surface area contributed by atoms with Crippen LogP contribution < -0.4 is 10.2 Å². The summed E-state index contributed by atoms with van der Waals surface area (Å²) in [6, 6.07) is -0.140. The summed E-state index contributed by atoms with van der Waals surface area (Å²) in [6.07, 6.45) is 3.90. The van der Waals surface area contributed by atoms with E-state index in [1.165, 1.54) is 11.3 Å². The third-order valence-corrected chi connectivity index (χ3v) is 5.09. The highest BCUT2D eigenvalue weighted by molar-refractivity contribution is 7.14. The van der Waals surface area contributed by atoms with Crippen molar-refractivity contribution in [2.75, 3.05) is 25.1 Å². The van der Waals surface area contributed by atoms with Crippen LogP contribution in [0.3, 0.4) is 0 Å². The number of ether oxygens (including phenoxy) is 2. The molecule has 3 rings (SSSR count). The molecule has 2 aliphatic rings. The highest BCUT2D eigenvalue weighted by Gasteiger charge is 2.29. The molecule has 7 nitrogen and oxygen atoms in total. The molecule has 0 unspecified atom stereocenters. The first-order valence-corrected chi connectivity index (χ1v) is 8.77. The van der Waals surface area contributed by atoms with Crippen LogP contribution in [-0.4, -0.2) is 49.4 Å². The fourth-order valence-electron chi connectivity index (χ4n) is 2.98. The van der Waals surface area contributed by atoms with Crippen molar-refractivity contribution in [2.45, 2.75) is 44.3 Å². The smallest absolute Gasteiger partial charge is 0.323 e. The van der Waals surface area contributed by atoms with Crippen molar-refractivity contribution in [2.24, 2.45) is 0 Å². The van der Waals surface area contributed by atoms with Crippen LogP contribution in [0.5, 0.6) is 0 Å². The van der Waals surface area contributed by atoms with Gasteiger partial charge in [0.2, 0.25) is 0 Å². The number of anilines is 1. The molecule has 8 heteroatoms. The zero-order chi connectivity index (χ0) is 16.2. The van der Waals surface area contributed by atoms with E-state index < -0.39 is 0 Å². The van der Waals surface area contributed by atoms with Crippen molar-refractivity contribution < 1.29 is 19.1 Å². The van der Waals surface area contributed by atoms with Crippen molar-refractivity contribution in [3.05, 3.63) is 11.1 Å². The van der Waals surface area contributed by atoms with Crippen LogP contribution in [0.4, 0.5) is 9.93 Å². The molecule has 0 spiro atoms. The standard InChI is InChI=1S/C15H21N3O4S/c1-21-11-4-2-3-5-12(11)22-13(19)8-10-9-23-15(17-10)18-7-6-16-14(18)20/h9,11-12H,2-8H2,1H3,(H,16,20)/t11-,12-/m0/s1. The van der Waals surface area contributed by atoms with Gasteiger partial charge in [0.1, 0.15) is 6.10 Å². The second kappa shape index (κ2) is 7.27. The largest absolute Gasteiger partial charge is 0.459 e. The second-order valence-corrected chi connectivity index (χ2v) is 6.61. The Morgan fingerprint density at radius 2 is 2.22 bits per heavy atom. The van der Waals surface area contributed by atoms with Gasteiger partial charge >= 0.3 is 12.0 Å². The highest BCUT2D eigenvalue weighted by atomic mass is 32.1. The molecule has 2 fully saturated rings. The molecule has 23 heavy (non-hydrogen) atoms. The molecule has 2 heterocycles. The fraction of sp³-hybridized carbons (Fsp3) is 0.667. The van der Waals surface area contributed by atoms with E-state index in [-0.39, 0.29) is 30.6 Å². The number of rotatable bonds is 5. The lowest BCUT2D eigenvalue weighted by atomic mass is 9.94. The predicted octanol–water partition coefficient (Wildman–Crippen LogP) is 1.72. The Bertz CT molecular complexity index is 577. The molecule has 2 amide bonds. The van der Waals surface area contributed by atoms with Gasteiger partial charge in [0.25, 0.3) is 0 Å². The average Bonchev–Trinajstić information content (AvgIpc) is 3.16. The normalized spacial score (nSPS) is 24.6. The van der Waals surface area contributed by atoms with Gasteiger partial charge in [0.15, 0.2) is 5.13 Å². The van der Waals surface area contributed by atoms with Gasteiger partial charge in [-0.25, -0.2) is 9.78 Å². The topological polar surface area (TPSA) is 80.8 Å². The van der Waals surface area contributed by atoms with Gasteiger partial charge in [0, 0.05) is 25.6 Å². The van der Waals surface area contributed by atoms with E-state index in [0.717, 1.165) is 25.7 Å². The lowest BCUT2D eigenvalue weighted by Gasteiger charge is -2.29. The van der Waals surface area contributed by atoms with Gasteiger partial charge in [-0.3, -0.25) is 9.69 Å². The molecule has 0 radical (unpaired) electrons. The summed E-state index contributed by atoms with van der Waals surface area (Å²) in [7, 11) is 1.66. The summed E-state index contributed by atoms with van der Waals surface area (Å²) < 4.78 is 11.0. The minimum absolute atomic E-state index is 0.00742. The van der Waals surface area contributed by atoms with E-state index >= 15 is 0 Å². The minimum atomic E-state index is -0.290. The summed E-state index contributed by atoms with van der Waals surface area (Å²) in [5, 5.41) is 5.15. The average molecular weight is 339 g/mol. The number of urea groups is 1. The van der Waals surface area contributed by atoms with Crippen molar-refractivity contribution in [1.82, 2.24) is 10.3 Å². The van der Waals surface area contributed by atoms with Gasteiger partial charge in [-0.2, -0.15) is 0 Å². The van der Waals surface area contributed by atoms with Crippen molar-refractivity contribution >= 4 is 28.5 Å². The first-order valence-electron chi connectivity index (χ1n) is 7.89. The van der Waals surface area contributed by atoms with E-state index in [1.807, 2.05) is 0 Å². The summed E-state index contributed by atoms with van der Waals surface area (Å²) in [5.41, 5.74) is 0.638. The predicted molar refractivity (Wildman–Crippen MR) is 85.7 cm³/mol. The summed E-state index contributed by atoms with van der Waals surface area (Å²) >= 11 is 1.37. The van der Waals surface area contributed by atoms with E-state index in [1.54, 1.807) is 17.4 Å². The number of hydrogen-bond acceptors (Lipinski definition) is 6. The van der Waals surface area contributed by atoms with Gasteiger partial charge < -0.3 is 14.8 Å². The van der Waals surface area contributed by atoms with Crippen LogP contribution in [0, 0.1) is 0 Å². The summed E-state index contributed by atoms with van der Waals surface area (Å²) in [4.78, 5) is 29.7. The molecule has 1 aliphatic carbocycles. The second-order valence-electron chi connectivity index (χ2n) is 5.77. The number of nitrogens with zero attached hydrogens (tertiary/aromatic N) is 2. The highest BCUT2D eigenvalue weighted by Crippen LogP contribution is 2.25. The molecular formula is C15H21N3O4S. The minimum Gasteiger partial charge on any atom is -0.459 e. The first kappa shape index (κ1) is 16.2. The Labute approximate surface area is 139 Å². The molecule has 1 aromatic rings. The van der Waals surface area contributed by atoms with Crippen LogP contribution >= 0.6 is 11.3 Å². The van der Waals surface area contributed by atoms with Gasteiger partial charge in [-0.05, 0) is 19.3 Å². The maximum absolute atomic E-state index is 12.1. The summed E-state index contributed by atoms with van der Waals surface area (Å²) in [5.74, 6) is -0.290. The van der Waals surface area contributed by atoms with Crippen LogP contribution in [0.1, 0.15) is 31.4 Å². The number of aromatic nitrogens is 1. The molecule has 126 valence electrons. The Balaban J connectivity index is 1.55. The lowest BCUT2D eigenvalue weighted by Crippen LogP contribution is -2.36. The monoisotopic (exact) mass is 339 g/mol. The number of amides is 2. The quantitative estimate of drug-likeness (QED) is 0.826. The number of methoxy groups -OCH3 is 1. The van der Waals surface area contributed by atoms with E-state index in [2.05, 4.69) is 10.3 Å². The van der Waals surface area contributed by atoms with Crippen LogP contribution in [-0.2, 0) is 20.7 Å². The molecule has 2 atom stereocenters. The van der Waals surface area contributed by atoms with Crippen molar-refractivity contribution in [3.8, 4) is 0 Å². The van der Waals surface area contributed by atoms with E-state index in [4.69, 9.17) is 9.47 Å². The molecule has 1 aromatic heterocycles. The SMILES string of the molecule is CO[C@H]1CCCC[C@@H]1OC(=O)Cc1csc(N2CCNC2=O)n1. The Kier molecular flexibility index (Phi) is 5.12. The van der Waals surface area contributed by atoms with Crippen LogP contribution in [0.2, 0.25) is 0 Å². The molecule has 1 saturated heterocycles. The molecular weight excluding hydrogens is 318 g/mol. The zero-order valence-corrected chi connectivity index (χ0v) is 13.9.